The molecule has 2 aromatic rings. The first kappa shape index (κ1) is 18.5. The van der Waals surface area contributed by atoms with Crippen molar-refractivity contribution < 1.29 is 4.39 Å². The van der Waals surface area contributed by atoms with Gasteiger partial charge in [-0.05, 0) is 79.0 Å². The van der Waals surface area contributed by atoms with Gasteiger partial charge < -0.3 is 0 Å². The maximum Gasteiger partial charge on any atom is 0.123 e. The fourth-order valence-corrected chi connectivity index (χ4v) is 3.47. The Morgan fingerprint density at radius 2 is 1.73 bits per heavy atom. The summed E-state index contributed by atoms with van der Waals surface area (Å²) in [4.78, 5) is 0. The molecule has 1 atom stereocenters. The van der Waals surface area contributed by atoms with Crippen molar-refractivity contribution in [1.82, 2.24) is 0 Å². The lowest BCUT2D eigenvalue weighted by Crippen LogP contribution is -2.04. The summed E-state index contributed by atoms with van der Waals surface area (Å²) in [6, 6.07) is 15.6. The molecule has 1 unspecified atom stereocenters. The van der Waals surface area contributed by atoms with Crippen molar-refractivity contribution in [3.8, 4) is 11.8 Å². The number of rotatable bonds is 5. The molecule has 0 heterocycles. The Morgan fingerprint density at radius 3 is 2.38 bits per heavy atom. The molecule has 3 rings (SSSR count). The molecule has 1 aliphatic carbocycles. The van der Waals surface area contributed by atoms with Crippen molar-refractivity contribution in [3.63, 3.8) is 0 Å². The van der Waals surface area contributed by atoms with Gasteiger partial charge in [0, 0.05) is 5.56 Å². The van der Waals surface area contributed by atoms with Crippen LogP contribution in [0.2, 0.25) is 0 Å². The molecule has 1 aliphatic rings. The van der Waals surface area contributed by atoms with Crippen LogP contribution in [0.1, 0.15) is 68.1 Å². The second-order valence-corrected chi connectivity index (χ2v) is 7.16. The van der Waals surface area contributed by atoms with E-state index in [1.807, 2.05) is 0 Å². The Balaban J connectivity index is 1.56. The first-order chi connectivity index (χ1) is 12.7. The Labute approximate surface area is 157 Å². The topological polar surface area (TPSA) is 0 Å². The van der Waals surface area contributed by atoms with E-state index >= 15 is 0 Å². The highest BCUT2D eigenvalue weighted by molar-refractivity contribution is 5.41. The maximum absolute atomic E-state index is 12.9. The van der Waals surface area contributed by atoms with Gasteiger partial charge >= 0.3 is 0 Å². The number of benzene rings is 2. The van der Waals surface area contributed by atoms with Crippen LogP contribution in [0.25, 0.3) is 0 Å². The average molecular weight is 346 g/mol. The van der Waals surface area contributed by atoms with Crippen molar-refractivity contribution in [2.24, 2.45) is 0 Å². The third-order valence-electron chi connectivity index (χ3n) is 5.14. The SMILES string of the molecule is CCCCCc1ccc(C2CC=C(C#Cc3ccc(F)cc3)CC2)cc1. The predicted molar refractivity (Wildman–Crippen MR) is 108 cm³/mol. The molecular weight excluding hydrogens is 319 g/mol. The summed E-state index contributed by atoms with van der Waals surface area (Å²) in [5.41, 5.74) is 4.99. The average Bonchev–Trinajstić information content (AvgIpc) is 2.69. The van der Waals surface area contributed by atoms with Crippen molar-refractivity contribution in [2.45, 2.75) is 57.8 Å². The lowest BCUT2D eigenvalue weighted by Gasteiger charge is -2.20. The smallest absolute Gasteiger partial charge is 0.123 e. The lowest BCUT2D eigenvalue weighted by molar-refractivity contribution is 0.607. The van der Waals surface area contributed by atoms with Crippen LogP contribution >= 0.6 is 0 Å². The van der Waals surface area contributed by atoms with Gasteiger partial charge in [0.25, 0.3) is 0 Å². The summed E-state index contributed by atoms with van der Waals surface area (Å²) in [7, 11) is 0. The van der Waals surface area contributed by atoms with Crippen LogP contribution in [0.5, 0.6) is 0 Å². The maximum atomic E-state index is 12.9. The third-order valence-corrected chi connectivity index (χ3v) is 5.14. The van der Waals surface area contributed by atoms with Crippen LogP contribution in [0.3, 0.4) is 0 Å². The molecule has 0 saturated carbocycles. The van der Waals surface area contributed by atoms with E-state index in [1.54, 1.807) is 12.1 Å². The van der Waals surface area contributed by atoms with E-state index in [0.717, 1.165) is 24.8 Å². The van der Waals surface area contributed by atoms with E-state index in [4.69, 9.17) is 0 Å². The third kappa shape index (κ3) is 5.33. The van der Waals surface area contributed by atoms with E-state index in [2.05, 4.69) is 49.1 Å². The molecule has 0 nitrogen and oxygen atoms in total. The van der Waals surface area contributed by atoms with E-state index in [0.29, 0.717) is 5.92 Å². The summed E-state index contributed by atoms with van der Waals surface area (Å²) in [5, 5.41) is 0. The predicted octanol–water partition coefficient (Wildman–Crippen LogP) is 6.80. The Morgan fingerprint density at radius 1 is 0.962 bits per heavy atom. The van der Waals surface area contributed by atoms with Gasteiger partial charge in [0.15, 0.2) is 0 Å². The van der Waals surface area contributed by atoms with E-state index in [-0.39, 0.29) is 5.82 Å². The molecule has 0 aromatic heterocycles. The number of halogens is 1. The number of aryl methyl sites for hydroxylation is 1. The first-order valence-corrected chi connectivity index (χ1v) is 9.80. The second-order valence-electron chi connectivity index (χ2n) is 7.16. The van der Waals surface area contributed by atoms with Gasteiger partial charge in [0.05, 0.1) is 0 Å². The number of hydrogen-bond donors (Lipinski definition) is 0. The van der Waals surface area contributed by atoms with Crippen molar-refractivity contribution in [3.05, 3.63) is 82.7 Å². The monoisotopic (exact) mass is 346 g/mol. The molecule has 1 heteroatoms. The minimum Gasteiger partial charge on any atom is -0.207 e. The highest BCUT2D eigenvalue weighted by Gasteiger charge is 2.15. The fourth-order valence-electron chi connectivity index (χ4n) is 3.47. The summed E-state index contributed by atoms with van der Waals surface area (Å²) >= 11 is 0. The Hall–Kier alpha value is -2.33. The van der Waals surface area contributed by atoms with E-state index < -0.39 is 0 Å². The number of hydrogen-bond acceptors (Lipinski definition) is 0. The van der Waals surface area contributed by atoms with Crippen molar-refractivity contribution in [1.29, 1.82) is 0 Å². The van der Waals surface area contributed by atoms with Crippen LogP contribution in [0, 0.1) is 17.7 Å². The fraction of sp³-hybridized carbons (Fsp3) is 0.360. The van der Waals surface area contributed by atoms with Crippen LogP contribution in [0.15, 0.2) is 60.2 Å². The lowest BCUT2D eigenvalue weighted by atomic mass is 9.84. The van der Waals surface area contributed by atoms with Crippen molar-refractivity contribution in [2.75, 3.05) is 0 Å². The molecule has 0 amide bonds. The highest BCUT2D eigenvalue weighted by atomic mass is 19.1. The minimum absolute atomic E-state index is 0.216. The van der Waals surface area contributed by atoms with Crippen LogP contribution in [0.4, 0.5) is 4.39 Å². The molecule has 0 spiro atoms. The zero-order valence-corrected chi connectivity index (χ0v) is 15.6. The molecular formula is C25H27F. The molecule has 134 valence electrons. The van der Waals surface area contributed by atoms with E-state index in [1.165, 1.54) is 54.5 Å². The van der Waals surface area contributed by atoms with Crippen molar-refractivity contribution >= 4 is 0 Å². The molecule has 0 fully saturated rings. The van der Waals surface area contributed by atoms with Gasteiger partial charge in [-0.25, -0.2) is 4.39 Å². The largest absolute Gasteiger partial charge is 0.207 e. The van der Waals surface area contributed by atoms with Gasteiger partial charge in [0.2, 0.25) is 0 Å². The van der Waals surface area contributed by atoms with Gasteiger partial charge in [-0.3, -0.25) is 0 Å². The highest BCUT2D eigenvalue weighted by Crippen LogP contribution is 2.32. The van der Waals surface area contributed by atoms with Gasteiger partial charge in [-0.2, -0.15) is 0 Å². The molecule has 2 aromatic carbocycles. The van der Waals surface area contributed by atoms with Crippen LogP contribution in [-0.4, -0.2) is 0 Å². The molecule has 0 N–H and O–H groups in total. The minimum atomic E-state index is -0.216. The summed E-state index contributed by atoms with van der Waals surface area (Å²) in [5.74, 6) is 6.79. The molecule has 26 heavy (non-hydrogen) atoms. The molecule has 0 bridgehead atoms. The van der Waals surface area contributed by atoms with Gasteiger partial charge in [-0.1, -0.05) is 61.9 Å². The second kappa shape index (κ2) is 9.39. The summed E-state index contributed by atoms with van der Waals surface area (Å²) in [6.07, 6.45) is 10.6. The summed E-state index contributed by atoms with van der Waals surface area (Å²) < 4.78 is 12.9. The number of unbranched alkanes of at least 4 members (excludes halogenated alkanes) is 2. The van der Waals surface area contributed by atoms with Crippen LogP contribution < -0.4 is 0 Å². The zero-order chi connectivity index (χ0) is 18.2. The molecule has 0 saturated heterocycles. The quantitative estimate of drug-likeness (QED) is 0.412. The van der Waals surface area contributed by atoms with Gasteiger partial charge in [-0.15, -0.1) is 0 Å². The first-order valence-electron chi connectivity index (χ1n) is 9.80. The Bertz CT molecular complexity index is 785. The zero-order valence-electron chi connectivity index (χ0n) is 15.6. The Kier molecular flexibility index (Phi) is 6.67. The molecule has 0 radical (unpaired) electrons. The standard InChI is InChI=1S/C25H27F/c1-2-3-4-5-20-8-14-23(15-9-20)24-16-10-21(11-17-24)6-7-22-12-18-25(26)19-13-22/h8-10,12-15,18-19,24H,2-5,11,16-17H2,1H3. The number of allylic oxidation sites excluding steroid dienone is 2. The van der Waals surface area contributed by atoms with E-state index in [9.17, 15) is 4.39 Å². The molecule has 0 aliphatic heterocycles. The van der Waals surface area contributed by atoms with Gasteiger partial charge in [0.1, 0.15) is 5.82 Å². The van der Waals surface area contributed by atoms with Crippen LogP contribution in [-0.2, 0) is 6.42 Å². The summed E-state index contributed by atoms with van der Waals surface area (Å²) in [6.45, 7) is 2.25. The normalized spacial score (nSPS) is 16.5.